The monoisotopic (exact) mass is 245 g/mol. The smallest absolute Gasteiger partial charge is 0.407 e. The van der Waals surface area contributed by atoms with Crippen molar-refractivity contribution in [2.75, 3.05) is 0 Å². The molecular weight excluding hydrogens is 226 g/mol. The predicted molar refractivity (Wildman–Crippen MR) is 59.7 cm³/mol. The average Bonchev–Trinajstić information content (AvgIpc) is 2.79. The highest BCUT2D eigenvalue weighted by Gasteiger charge is 2.42. The molecule has 0 saturated heterocycles. The van der Waals surface area contributed by atoms with Crippen LogP contribution in [-0.4, -0.2) is 41.0 Å². The van der Waals surface area contributed by atoms with Crippen molar-refractivity contribution in [1.82, 2.24) is 5.32 Å². The summed E-state index contributed by atoms with van der Waals surface area (Å²) in [7, 11) is 0. The fourth-order valence-electron chi connectivity index (χ4n) is 1.25. The maximum atomic E-state index is 11.4. The number of alkyl carbamates (subject to hydrolysis) is 1. The molecule has 0 heterocycles. The van der Waals surface area contributed by atoms with E-state index in [0.717, 1.165) is 0 Å². The van der Waals surface area contributed by atoms with Gasteiger partial charge in [0.15, 0.2) is 6.10 Å². The average molecular weight is 245 g/mol. The van der Waals surface area contributed by atoms with Crippen molar-refractivity contribution in [3.05, 3.63) is 0 Å². The van der Waals surface area contributed by atoms with E-state index in [2.05, 4.69) is 5.32 Å². The number of carbonyl (C=O) groups is 2. The Kier molecular flexibility index (Phi) is 3.98. The van der Waals surface area contributed by atoms with Gasteiger partial charge in [-0.25, -0.2) is 9.59 Å². The zero-order valence-electron chi connectivity index (χ0n) is 10.5. The van der Waals surface area contributed by atoms with Gasteiger partial charge in [0.05, 0.1) is 12.1 Å². The number of amides is 1. The molecule has 0 aromatic carbocycles. The van der Waals surface area contributed by atoms with Crippen LogP contribution in [-0.2, 0) is 14.3 Å². The van der Waals surface area contributed by atoms with Crippen LogP contribution < -0.4 is 5.32 Å². The Morgan fingerprint density at radius 3 is 2.47 bits per heavy atom. The van der Waals surface area contributed by atoms with Crippen LogP contribution in [0.1, 0.15) is 34.1 Å². The molecule has 98 valence electrons. The van der Waals surface area contributed by atoms with Gasteiger partial charge < -0.3 is 19.9 Å². The highest BCUT2D eigenvalue weighted by Crippen LogP contribution is 2.27. The van der Waals surface area contributed by atoms with Gasteiger partial charge in [-0.05, 0) is 34.1 Å². The number of carbonyl (C=O) groups excluding carboxylic acids is 1. The number of hydrogen-bond acceptors (Lipinski definition) is 4. The van der Waals surface area contributed by atoms with Crippen LogP contribution in [0.25, 0.3) is 0 Å². The Labute approximate surface area is 100 Å². The molecule has 0 bridgehead atoms. The molecule has 1 amide bonds. The maximum absolute atomic E-state index is 11.4. The van der Waals surface area contributed by atoms with Gasteiger partial charge in [0.25, 0.3) is 0 Å². The molecule has 3 atom stereocenters. The lowest BCUT2D eigenvalue weighted by Crippen LogP contribution is -2.35. The van der Waals surface area contributed by atoms with E-state index in [1.807, 2.05) is 0 Å². The highest BCUT2D eigenvalue weighted by atomic mass is 16.6. The molecule has 1 saturated carbocycles. The van der Waals surface area contributed by atoms with Crippen LogP contribution in [0, 0.1) is 0 Å². The molecule has 0 unspecified atom stereocenters. The summed E-state index contributed by atoms with van der Waals surface area (Å²) in [5, 5.41) is 11.3. The molecule has 2 N–H and O–H groups in total. The molecule has 6 heteroatoms. The van der Waals surface area contributed by atoms with E-state index in [0.29, 0.717) is 6.42 Å². The summed E-state index contributed by atoms with van der Waals surface area (Å²) in [5.41, 5.74) is -0.538. The second-order valence-electron chi connectivity index (χ2n) is 5.14. The molecule has 6 nitrogen and oxygen atoms in total. The topological polar surface area (TPSA) is 84.9 Å². The molecule has 17 heavy (non-hydrogen) atoms. The van der Waals surface area contributed by atoms with Crippen molar-refractivity contribution < 1.29 is 24.2 Å². The van der Waals surface area contributed by atoms with Crippen molar-refractivity contribution in [2.24, 2.45) is 0 Å². The van der Waals surface area contributed by atoms with Crippen molar-refractivity contribution in [3.8, 4) is 0 Å². The zero-order valence-corrected chi connectivity index (χ0v) is 10.5. The Hall–Kier alpha value is -1.30. The lowest BCUT2D eigenvalue weighted by Gasteiger charge is -2.19. The van der Waals surface area contributed by atoms with Gasteiger partial charge in [0, 0.05) is 0 Å². The van der Waals surface area contributed by atoms with E-state index in [4.69, 9.17) is 14.6 Å². The van der Waals surface area contributed by atoms with Crippen molar-refractivity contribution in [1.29, 1.82) is 0 Å². The number of carboxylic acids is 1. The lowest BCUT2D eigenvalue weighted by atomic mass is 10.2. The minimum absolute atomic E-state index is 0.147. The second kappa shape index (κ2) is 4.91. The highest BCUT2D eigenvalue weighted by molar-refractivity contribution is 5.72. The molecule has 1 fully saturated rings. The second-order valence-corrected chi connectivity index (χ2v) is 5.14. The van der Waals surface area contributed by atoms with Crippen LogP contribution in [0.4, 0.5) is 4.79 Å². The fraction of sp³-hybridized carbons (Fsp3) is 0.818. The first-order valence-corrected chi connectivity index (χ1v) is 5.57. The number of rotatable bonds is 4. The Morgan fingerprint density at radius 2 is 2.00 bits per heavy atom. The molecule has 1 aliphatic carbocycles. The van der Waals surface area contributed by atoms with Gasteiger partial charge in [-0.15, -0.1) is 0 Å². The van der Waals surface area contributed by atoms with Crippen molar-refractivity contribution in [3.63, 3.8) is 0 Å². The summed E-state index contributed by atoms with van der Waals surface area (Å²) in [6, 6.07) is -0.147. The third-order valence-corrected chi connectivity index (χ3v) is 2.16. The van der Waals surface area contributed by atoms with Gasteiger partial charge in [-0.3, -0.25) is 0 Å². The van der Waals surface area contributed by atoms with E-state index >= 15 is 0 Å². The molecule has 1 aliphatic rings. The number of aliphatic carboxylic acids is 1. The van der Waals surface area contributed by atoms with Gasteiger partial charge in [-0.1, -0.05) is 0 Å². The number of carboxylic acid groups (broad SMARTS) is 1. The SMILES string of the molecule is C[C@@H](O[C@@H]1C[C@H]1NC(=O)OC(C)(C)C)C(=O)O. The van der Waals surface area contributed by atoms with Gasteiger partial charge in [0.1, 0.15) is 5.60 Å². The lowest BCUT2D eigenvalue weighted by molar-refractivity contribution is -0.150. The van der Waals surface area contributed by atoms with E-state index in [9.17, 15) is 9.59 Å². The largest absolute Gasteiger partial charge is 0.479 e. The van der Waals surface area contributed by atoms with E-state index in [1.165, 1.54) is 6.92 Å². The summed E-state index contributed by atoms with van der Waals surface area (Å²) >= 11 is 0. The van der Waals surface area contributed by atoms with Crippen LogP contribution in [0.2, 0.25) is 0 Å². The van der Waals surface area contributed by atoms with Crippen LogP contribution in [0.5, 0.6) is 0 Å². The van der Waals surface area contributed by atoms with E-state index in [1.54, 1.807) is 20.8 Å². The summed E-state index contributed by atoms with van der Waals surface area (Å²) in [5.74, 6) is -1.01. The summed E-state index contributed by atoms with van der Waals surface area (Å²) in [6.45, 7) is 6.80. The van der Waals surface area contributed by atoms with Gasteiger partial charge in [0.2, 0.25) is 0 Å². The molecule has 0 radical (unpaired) electrons. The van der Waals surface area contributed by atoms with Gasteiger partial charge in [-0.2, -0.15) is 0 Å². The first kappa shape index (κ1) is 13.8. The molecular formula is C11H19NO5. The molecule has 1 rings (SSSR count). The summed E-state index contributed by atoms with van der Waals surface area (Å²) in [6.07, 6.45) is -0.965. The fourth-order valence-corrected chi connectivity index (χ4v) is 1.25. The predicted octanol–water partition coefficient (Wildman–Crippen LogP) is 1.14. The standard InChI is InChI=1S/C11H19NO5/c1-6(9(13)14)16-8-5-7(8)12-10(15)17-11(2,3)4/h6-8H,5H2,1-4H3,(H,12,15)(H,13,14)/t6-,7-,8-/m1/s1. The Morgan fingerprint density at radius 1 is 1.41 bits per heavy atom. The molecule has 0 spiro atoms. The summed E-state index contributed by atoms with van der Waals surface area (Å²) in [4.78, 5) is 21.9. The molecule has 0 aliphatic heterocycles. The molecule has 0 aromatic heterocycles. The third-order valence-electron chi connectivity index (χ3n) is 2.16. The minimum Gasteiger partial charge on any atom is -0.479 e. The first-order valence-electron chi connectivity index (χ1n) is 5.57. The van der Waals surface area contributed by atoms with Crippen molar-refractivity contribution in [2.45, 2.75) is 58.0 Å². The van der Waals surface area contributed by atoms with Crippen LogP contribution in [0.3, 0.4) is 0 Å². The number of ether oxygens (including phenoxy) is 2. The minimum atomic E-state index is -1.01. The first-order chi connectivity index (χ1) is 7.69. The molecule has 0 aromatic rings. The zero-order chi connectivity index (χ0) is 13.2. The number of nitrogens with one attached hydrogen (secondary N) is 1. The summed E-state index contributed by atoms with van der Waals surface area (Å²) < 4.78 is 10.3. The van der Waals surface area contributed by atoms with E-state index < -0.39 is 23.8 Å². The Balaban J connectivity index is 2.24. The Bertz CT molecular complexity index is 309. The van der Waals surface area contributed by atoms with E-state index in [-0.39, 0.29) is 12.1 Å². The number of hydrogen-bond donors (Lipinski definition) is 2. The van der Waals surface area contributed by atoms with Gasteiger partial charge >= 0.3 is 12.1 Å². The van der Waals surface area contributed by atoms with Crippen LogP contribution in [0.15, 0.2) is 0 Å². The normalized spacial score (nSPS) is 24.9. The third kappa shape index (κ3) is 5.04. The van der Waals surface area contributed by atoms with Crippen molar-refractivity contribution >= 4 is 12.1 Å². The maximum Gasteiger partial charge on any atom is 0.407 e. The van der Waals surface area contributed by atoms with Crippen LogP contribution >= 0.6 is 0 Å². The quantitative estimate of drug-likeness (QED) is 0.775.